The number of alkyl halides is 1. The highest BCUT2D eigenvalue weighted by Crippen LogP contribution is 1.93. The molecule has 2 heteroatoms. The van der Waals surface area contributed by atoms with Gasteiger partial charge in [0.2, 0.25) is 0 Å². The molecule has 0 fully saturated rings. The maximum Gasteiger partial charge on any atom is 0.0577 e. The average Bonchev–Trinajstić information content (AvgIpc) is 1.97. The van der Waals surface area contributed by atoms with Crippen LogP contribution in [0.15, 0.2) is 28.9 Å². The fourth-order valence-electron chi connectivity index (χ4n) is 0.457. The molecule has 0 aromatic rings. The Kier molecular flexibility index (Phi) is 6.19. The summed E-state index contributed by atoms with van der Waals surface area (Å²) in [5.41, 5.74) is 0.971. The zero-order valence-corrected chi connectivity index (χ0v) is 7.10. The quantitative estimate of drug-likeness (QED) is 0.340. The van der Waals surface area contributed by atoms with E-state index >= 15 is 0 Å². The predicted octanol–water partition coefficient (Wildman–Crippen LogP) is 2.78. The van der Waals surface area contributed by atoms with Crippen molar-refractivity contribution < 1.29 is 0 Å². The van der Waals surface area contributed by atoms with Gasteiger partial charge in [-0.25, -0.2) is 0 Å². The molecule has 10 heavy (non-hydrogen) atoms. The molecule has 0 bridgehead atoms. The van der Waals surface area contributed by atoms with Gasteiger partial charge in [-0.3, -0.25) is 4.99 Å². The number of halogens is 1. The predicted molar refractivity (Wildman–Crippen MR) is 47.8 cm³/mol. The summed E-state index contributed by atoms with van der Waals surface area (Å²) >= 11 is 5.39. The minimum atomic E-state index is 0.473. The van der Waals surface area contributed by atoms with E-state index in [-0.39, 0.29) is 0 Å². The summed E-state index contributed by atoms with van der Waals surface area (Å²) in [5, 5.41) is 0. The van der Waals surface area contributed by atoms with E-state index in [2.05, 4.69) is 4.99 Å². The molecule has 0 aliphatic rings. The molecule has 0 rings (SSSR count). The van der Waals surface area contributed by atoms with E-state index in [1.54, 1.807) is 6.21 Å². The summed E-state index contributed by atoms with van der Waals surface area (Å²) in [6, 6.07) is 0. The van der Waals surface area contributed by atoms with Crippen LogP contribution in [0.3, 0.4) is 0 Å². The number of rotatable bonds is 3. The molecule has 56 valence electrons. The summed E-state index contributed by atoms with van der Waals surface area (Å²) in [5.74, 6) is 0.473. The van der Waals surface area contributed by atoms with Crippen LogP contribution in [0.4, 0.5) is 0 Å². The Morgan fingerprint density at radius 3 is 2.80 bits per heavy atom. The summed E-state index contributed by atoms with van der Waals surface area (Å²) in [6.07, 6.45) is 7.51. The van der Waals surface area contributed by atoms with E-state index in [9.17, 15) is 0 Å². The van der Waals surface area contributed by atoms with E-state index in [0.29, 0.717) is 5.88 Å². The van der Waals surface area contributed by atoms with Crippen molar-refractivity contribution in [1.29, 1.82) is 0 Å². The molecule has 0 aromatic heterocycles. The number of allylic oxidation sites excluding steroid dienone is 4. The van der Waals surface area contributed by atoms with Crippen molar-refractivity contribution in [2.24, 2.45) is 4.99 Å². The summed E-state index contributed by atoms with van der Waals surface area (Å²) in [7, 11) is 0. The average molecular weight is 158 g/mol. The number of nitrogens with zero attached hydrogens (tertiary/aromatic N) is 1. The molecule has 0 saturated heterocycles. The van der Waals surface area contributed by atoms with Crippen molar-refractivity contribution in [3.63, 3.8) is 0 Å². The molecule has 0 spiro atoms. The zero-order chi connectivity index (χ0) is 7.82. The summed E-state index contributed by atoms with van der Waals surface area (Å²) in [4.78, 5) is 4.03. The van der Waals surface area contributed by atoms with E-state index in [4.69, 9.17) is 11.6 Å². The molecule has 0 unspecified atom stereocenters. The Morgan fingerprint density at radius 2 is 2.30 bits per heavy atom. The highest BCUT2D eigenvalue weighted by molar-refractivity contribution is 6.24. The maximum atomic E-state index is 5.39. The minimum absolute atomic E-state index is 0.473. The third-order valence-corrected chi connectivity index (χ3v) is 1.03. The molecule has 1 nitrogen and oxygen atoms in total. The molecule has 0 saturated carbocycles. The van der Waals surface area contributed by atoms with Crippen LogP contribution in [0, 0.1) is 0 Å². The second-order valence-corrected chi connectivity index (χ2v) is 2.11. The van der Waals surface area contributed by atoms with Gasteiger partial charge >= 0.3 is 0 Å². The zero-order valence-electron chi connectivity index (χ0n) is 6.34. The first-order chi connectivity index (χ1) is 4.81. The Morgan fingerprint density at radius 1 is 1.60 bits per heavy atom. The van der Waals surface area contributed by atoms with Crippen LogP contribution in [0.25, 0.3) is 0 Å². The van der Waals surface area contributed by atoms with Gasteiger partial charge in [0.25, 0.3) is 0 Å². The second-order valence-electron chi connectivity index (χ2n) is 1.80. The SMILES string of the molecule is C/C=C\C=C(\C)N=CCCl. The molecular weight excluding hydrogens is 146 g/mol. The maximum absolute atomic E-state index is 5.39. The lowest BCUT2D eigenvalue weighted by atomic mass is 10.4. The summed E-state index contributed by atoms with van der Waals surface area (Å²) < 4.78 is 0. The van der Waals surface area contributed by atoms with Gasteiger partial charge in [-0.2, -0.15) is 0 Å². The number of hydrogen-bond acceptors (Lipinski definition) is 1. The van der Waals surface area contributed by atoms with E-state index in [1.165, 1.54) is 0 Å². The van der Waals surface area contributed by atoms with Crippen molar-refractivity contribution in [3.8, 4) is 0 Å². The van der Waals surface area contributed by atoms with Crippen molar-refractivity contribution in [2.75, 3.05) is 5.88 Å². The number of aliphatic imine (C=N–C) groups is 1. The van der Waals surface area contributed by atoms with Gasteiger partial charge in [0.05, 0.1) is 5.88 Å². The Balaban J connectivity index is 3.81. The molecule has 0 N–H and O–H groups in total. The van der Waals surface area contributed by atoms with Crippen molar-refractivity contribution in [3.05, 3.63) is 23.9 Å². The van der Waals surface area contributed by atoms with Gasteiger partial charge in [-0.05, 0) is 19.9 Å². The van der Waals surface area contributed by atoms with Crippen molar-refractivity contribution >= 4 is 17.8 Å². The van der Waals surface area contributed by atoms with Crippen LogP contribution < -0.4 is 0 Å². The highest BCUT2D eigenvalue weighted by atomic mass is 35.5. The smallest absolute Gasteiger partial charge is 0.0577 e. The monoisotopic (exact) mass is 157 g/mol. The fourth-order valence-corrected chi connectivity index (χ4v) is 0.526. The lowest BCUT2D eigenvalue weighted by molar-refractivity contribution is 1.31. The first kappa shape index (κ1) is 9.44. The Bertz CT molecular complexity index is 157. The van der Waals surface area contributed by atoms with Crippen molar-refractivity contribution in [1.82, 2.24) is 0 Å². The second kappa shape index (κ2) is 6.56. The first-order valence-corrected chi connectivity index (χ1v) is 3.72. The topological polar surface area (TPSA) is 12.4 Å². The van der Waals surface area contributed by atoms with E-state index < -0.39 is 0 Å². The molecule has 0 aromatic carbocycles. The lowest BCUT2D eigenvalue weighted by Gasteiger charge is -1.85. The molecule has 0 radical (unpaired) electrons. The van der Waals surface area contributed by atoms with E-state index in [1.807, 2.05) is 32.1 Å². The standard InChI is InChI=1S/C8H12ClN/c1-3-4-5-8(2)10-7-6-9/h3-5,7H,6H2,1-2H3/b4-3-,8-5-,10-7?. The van der Waals surface area contributed by atoms with Crippen LogP contribution in [-0.2, 0) is 0 Å². The minimum Gasteiger partial charge on any atom is -0.265 e. The molecular formula is C8H12ClN. The molecule has 0 aliphatic heterocycles. The van der Waals surface area contributed by atoms with Gasteiger partial charge in [-0.15, -0.1) is 11.6 Å². The lowest BCUT2D eigenvalue weighted by Crippen LogP contribution is -1.74. The molecule has 0 aliphatic carbocycles. The van der Waals surface area contributed by atoms with Crippen LogP contribution in [-0.4, -0.2) is 12.1 Å². The van der Waals surface area contributed by atoms with Gasteiger partial charge in [-0.1, -0.05) is 12.2 Å². The Hall–Kier alpha value is -0.560. The number of hydrogen-bond donors (Lipinski definition) is 0. The third kappa shape index (κ3) is 5.57. The molecule has 0 atom stereocenters. The van der Waals surface area contributed by atoms with Gasteiger partial charge < -0.3 is 0 Å². The van der Waals surface area contributed by atoms with Crippen LogP contribution >= 0.6 is 11.6 Å². The molecule has 0 heterocycles. The van der Waals surface area contributed by atoms with Crippen LogP contribution in [0.2, 0.25) is 0 Å². The van der Waals surface area contributed by atoms with E-state index in [0.717, 1.165) is 5.70 Å². The fraction of sp³-hybridized carbons (Fsp3) is 0.375. The highest BCUT2D eigenvalue weighted by Gasteiger charge is 1.76. The Labute approximate surface area is 67.1 Å². The summed E-state index contributed by atoms with van der Waals surface area (Å²) in [6.45, 7) is 3.90. The normalized spacial score (nSPS) is 13.7. The van der Waals surface area contributed by atoms with Gasteiger partial charge in [0, 0.05) is 11.9 Å². The largest absolute Gasteiger partial charge is 0.265 e. The van der Waals surface area contributed by atoms with Crippen LogP contribution in [0.5, 0.6) is 0 Å². The third-order valence-electron chi connectivity index (χ3n) is 0.894. The van der Waals surface area contributed by atoms with Gasteiger partial charge in [0.15, 0.2) is 0 Å². The first-order valence-electron chi connectivity index (χ1n) is 3.19. The van der Waals surface area contributed by atoms with Crippen LogP contribution in [0.1, 0.15) is 13.8 Å². The van der Waals surface area contributed by atoms with Crippen molar-refractivity contribution in [2.45, 2.75) is 13.8 Å². The molecule has 0 amide bonds. The van der Waals surface area contributed by atoms with Gasteiger partial charge in [0.1, 0.15) is 0 Å².